The third-order valence-electron chi connectivity index (χ3n) is 5.03. The van der Waals surface area contributed by atoms with Crippen molar-refractivity contribution in [2.75, 3.05) is 6.54 Å². The van der Waals surface area contributed by atoms with E-state index < -0.39 is 0 Å². The van der Waals surface area contributed by atoms with Gasteiger partial charge in [0, 0.05) is 24.5 Å². The fraction of sp³-hybridized carbons (Fsp3) is 0.238. The number of pyridine rings is 1. The molecule has 5 rings (SSSR count). The number of aromatic nitrogens is 5. The Morgan fingerprint density at radius 1 is 1.07 bits per heavy atom. The van der Waals surface area contributed by atoms with Crippen molar-refractivity contribution in [3.63, 3.8) is 0 Å². The van der Waals surface area contributed by atoms with Crippen LogP contribution in [0.4, 0.5) is 0 Å². The van der Waals surface area contributed by atoms with Crippen LogP contribution in [0.25, 0.3) is 17.2 Å². The normalized spacial score (nSPS) is 17.2. The highest BCUT2D eigenvalue weighted by atomic mass is 16.5. The summed E-state index contributed by atoms with van der Waals surface area (Å²) in [6.45, 7) is 1.81. The molecule has 4 aromatic rings. The molecule has 1 aliphatic rings. The van der Waals surface area contributed by atoms with E-state index in [0.29, 0.717) is 11.7 Å². The second kappa shape index (κ2) is 7.36. The lowest BCUT2D eigenvalue weighted by Gasteiger charge is -2.20. The molecule has 1 fully saturated rings. The van der Waals surface area contributed by atoms with E-state index >= 15 is 0 Å². The van der Waals surface area contributed by atoms with E-state index in [9.17, 15) is 0 Å². The van der Waals surface area contributed by atoms with Gasteiger partial charge in [0.15, 0.2) is 0 Å². The zero-order valence-corrected chi connectivity index (χ0v) is 15.3. The van der Waals surface area contributed by atoms with Gasteiger partial charge in [-0.25, -0.2) is 4.68 Å². The largest absolute Gasteiger partial charge is 0.337 e. The summed E-state index contributed by atoms with van der Waals surface area (Å²) >= 11 is 0. The number of rotatable bonds is 5. The van der Waals surface area contributed by atoms with Crippen molar-refractivity contribution in [3.8, 4) is 17.2 Å². The van der Waals surface area contributed by atoms with Crippen LogP contribution < -0.4 is 0 Å². The van der Waals surface area contributed by atoms with Crippen molar-refractivity contribution in [3.05, 3.63) is 78.6 Å². The van der Waals surface area contributed by atoms with E-state index in [1.165, 1.54) is 5.56 Å². The summed E-state index contributed by atoms with van der Waals surface area (Å²) in [5.41, 5.74) is 2.95. The third kappa shape index (κ3) is 3.32. The average molecular weight is 372 g/mol. The highest BCUT2D eigenvalue weighted by Crippen LogP contribution is 2.33. The van der Waals surface area contributed by atoms with Crippen molar-refractivity contribution in [2.45, 2.75) is 25.4 Å². The Morgan fingerprint density at radius 2 is 1.96 bits per heavy atom. The SMILES string of the molecule is c1ccc(-n2cc(CN3CCCC3c3nc(-c4ccccn4)no3)cn2)cc1. The average Bonchev–Trinajstić information content (AvgIpc) is 3.50. The molecule has 0 saturated carbocycles. The van der Waals surface area contributed by atoms with E-state index in [4.69, 9.17) is 4.52 Å². The summed E-state index contributed by atoms with van der Waals surface area (Å²) < 4.78 is 7.49. The van der Waals surface area contributed by atoms with E-state index in [-0.39, 0.29) is 6.04 Å². The molecule has 0 spiro atoms. The van der Waals surface area contributed by atoms with Crippen molar-refractivity contribution < 1.29 is 4.52 Å². The van der Waals surface area contributed by atoms with Crippen LogP contribution >= 0.6 is 0 Å². The molecule has 1 unspecified atom stereocenters. The van der Waals surface area contributed by atoms with Gasteiger partial charge in [0.25, 0.3) is 0 Å². The van der Waals surface area contributed by atoms with Gasteiger partial charge in [-0.15, -0.1) is 0 Å². The standard InChI is InChI=1S/C21H20N6O/c1-2-7-17(8-3-1)27-15-16(13-23-27)14-26-12-6-10-19(26)21-24-20(25-28-21)18-9-4-5-11-22-18/h1-5,7-9,11,13,15,19H,6,10,12,14H2. The summed E-state index contributed by atoms with van der Waals surface area (Å²) in [4.78, 5) is 11.3. The fourth-order valence-electron chi connectivity index (χ4n) is 3.66. The molecule has 1 aromatic carbocycles. The smallest absolute Gasteiger partial charge is 0.244 e. The maximum atomic E-state index is 5.58. The monoisotopic (exact) mass is 372 g/mol. The lowest BCUT2D eigenvalue weighted by Crippen LogP contribution is -2.22. The van der Waals surface area contributed by atoms with Crippen molar-refractivity contribution >= 4 is 0 Å². The first kappa shape index (κ1) is 16.8. The zero-order chi connectivity index (χ0) is 18.8. The second-order valence-electron chi connectivity index (χ2n) is 6.93. The van der Waals surface area contributed by atoms with Gasteiger partial charge in [-0.05, 0) is 43.7 Å². The molecule has 0 aliphatic carbocycles. The third-order valence-corrected chi connectivity index (χ3v) is 5.03. The Hall–Kier alpha value is -3.32. The van der Waals surface area contributed by atoms with Crippen LogP contribution in [0.15, 0.2) is 71.6 Å². The minimum absolute atomic E-state index is 0.130. The molecule has 1 aliphatic heterocycles. The number of para-hydroxylation sites is 1. The Bertz CT molecular complexity index is 1040. The van der Waals surface area contributed by atoms with Gasteiger partial charge in [0.1, 0.15) is 5.69 Å². The molecule has 4 heterocycles. The van der Waals surface area contributed by atoms with E-state index in [2.05, 4.69) is 31.3 Å². The molecule has 7 nitrogen and oxygen atoms in total. The van der Waals surface area contributed by atoms with Gasteiger partial charge >= 0.3 is 0 Å². The quantitative estimate of drug-likeness (QED) is 0.532. The maximum absolute atomic E-state index is 5.58. The first-order chi connectivity index (χ1) is 13.9. The molecule has 28 heavy (non-hydrogen) atoms. The maximum Gasteiger partial charge on any atom is 0.244 e. The molecule has 0 amide bonds. The molecule has 1 atom stereocenters. The summed E-state index contributed by atoms with van der Waals surface area (Å²) in [6, 6.07) is 15.9. The molecular formula is C21H20N6O. The molecule has 0 bridgehead atoms. The molecule has 1 saturated heterocycles. The lowest BCUT2D eigenvalue weighted by molar-refractivity contribution is 0.201. The summed E-state index contributed by atoms with van der Waals surface area (Å²) in [7, 11) is 0. The number of hydrogen-bond donors (Lipinski definition) is 0. The zero-order valence-electron chi connectivity index (χ0n) is 15.3. The number of nitrogens with zero attached hydrogens (tertiary/aromatic N) is 6. The predicted octanol–water partition coefficient (Wildman–Crippen LogP) is 3.65. The van der Waals surface area contributed by atoms with Crippen LogP contribution in [0, 0.1) is 0 Å². The van der Waals surface area contributed by atoms with Crippen LogP contribution in [-0.4, -0.2) is 36.3 Å². The van der Waals surface area contributed by atoms with E-state index in [1.807, 2.05) is 59.4 Å². The minimum atomic E-state index is 0.130. The first-order valence-corrected chi connectivity index (χ1v) is 9.45. The Morgan fingerprint density at radius 3 is 2.82 bits per heavy atom. The van der Waals surface area contributed by atoms with Crippen LogP contribution in [0.5, 0.6) is 0 Å². The molecule has 0 radical (unpaired) electrons. The van der Waals surface area contributed by atoms with Crippen molar-refractivity contribution in [1.29, 1.82) is 0 Å². The Kier molecular flexibility index (Phi) is 4.42. The van der Waals surface area contributed by atoms with Crippen molar-refractivity contribution in [2.24, 2.45) is 0 Å². The topological polar surface area (TPSA) is 72.9 Å². The Labute approximate surface area is 162 Å². The molecule has 0 N–H and O–H groups in total. The molecule has 7 heteroatoms. The van der Waals surface area contributed by atoms with Gasteiger partial charge in [0.2, 0.25) is 11.7 Å². The minimum Gasteiger partial charge on any atom is -0.337 e. The number of hydrogen-bond acceptors (Lipinski definition) is 6. The highest BCUT2D eigenvalue weighted by molar-refractivity contribution is 5.47. The van der Waals surface area contributed by atoms with Gasteiger partial charge in [-0.1, -0.05) is 29.4 Å². The summed E-state index contributed by atoms with van der Waals surface area (Å²) in [6.07, 6.45) is 7.86. The van der Waals surface area contributed by atoms with Gasteiger partial charge in [-0.2, -0.15) is 10.1 Å². The molecular weight excluding hydrogens is 352 g/mol. The van der Waals surface area contributed by atoms with E-state index in [0.717, 1.165) is 37.3 Å². The van der Waals surface area contributed by atoms with Crippen LogP contribution in [0.2, 0.25) is 0 Å². The second-order valence-corrected chi connectivity index (χ2v) is 6.93. The first-order valence-electron chi connectivity index (χ1n) is 9.45. The van der Waals surface area contributed by atoms with Crippen LogP contribution in [-0.2, 0) is 6.54 Å². The number of benzene rings is 1. The van der Waals surface area contributed by atoms with Gasteiger partial charge < -0.3 is 4.52 Å². The highest BCUT2D eigenvalue weighted by Gasteiger charge is 2.31. The van der Waals surface area contributed by atoms with Gasteiger partial charge in [-0.3, -0.25) is 9.88 Å². The summed E-state index contributed by atoms with van der Waals surface area (Å²) in [5, 5.41) is 8.62. The fourth-order valence-corrected chi connectivity index (χ4v) is 3.66. The van der Waals surface area contributed by atoms with Crippen LogP contribution in [0.3, 0.4) is 0 Å². The molecule has 140 valence electrons. The van der Waals surface area contributed by atoms with E-state index in [1.54, 1.807) is 6.20 Å². The van der Waals surface area contributed by atoms with Crippen LogP contribution in [0.1, 0.15) is 30.3 Å². The predicted molar refractivity (Wildman–Crippen MR) is 103 cm³/mol. The molecule has 3 aromatic heterocycles. The summed E-state index contributed by atoms with van der Waals surface area (Å²) in [5.74, 6) is 1.20. The Balaban J connectivity index is 1.33. The van der Waals surface area contributed by atoms with Gasteiger partial charge in [0.05, 0.1) is 17.9 Å². The van der Waals surface area contributed by atoms with Crippen molar-refractivity contribution in [1.82, 2.24) is 29.8 Å². The number of likely N-dealkylation sites (tertiary alicyclic amines) is 1. The lowest BCUT2D eigenvalue weighted by atomic mass is 10.2.